The van der Waals surface area contributed by atoms with Crippen LogP contribution in [-0.2, 0) is 0 Å². The van der Waals surface area contributed by atoms with Crippen LogP contribution in [0.3, 0.4) is 0 Å². The number of alkyl halides is 1. The predicted octanol–water partition coefficient (Wildman–Crippen LogP) is 4.85. The largest absolute Gasteiger partial charge is 0.144 e. The van der Waals surface area contributed by atoms with Gasteiger partial charge >= 0.3 is 0 Å². The number of aryl methyl sites for hydroxylation is 2. The zero-order valence-corrected chi connectivity index (χ0v) is 11.7. The minimum absolute atomic E-state index is 0.629. The highest BCUT2D eigenvalue weighted by Gasteiger charge is 2.47. The molecule has 2 saturated carbocycles. The molecule has 0 nitrogen and oxygen atoms in total. The van der Waals surface area contributed by atoms with Crippen molar-refractivity contribution in [2.24, 2.45) is 17.8 Å². The lowest BCUT2D eigenvalue weighted by Crippen LogP contribution is -2.04. The second-order valence-corrected chi connectivity index (χ2v) is 7.57. The van der Waals surface area contributed by atoms with E-state index >= 15 is 0 Å². The van der Waals surface area contributed by atoms with Gasteiger partial charge in [0.05, 0.1) is 4.83 Å². The van der Waals surface area contributed by atoms with Crippen LogP contribution in [0, 0.1) is 31.6 Å². The van der Waals surface area contributed by atoms with Crippen molar-refractivity contribution in [1.82, 2.24) is 0 Å². The van der Waals surface area contributed by atoms with Crippen molar-refractivity contribution >= 4 is 27.3 Å². The fourth-order valence-corrected chi connectivity index (χ4v) is 5.33. The maximum atomic E-state index is 3.94. The number of hydrogen-bond donors (Lipinski definition) is 0. The Morgan fingerprint density at radius 1 is 1.27 bits per heavy atom. The lowest BCUT2D eigenvalue weighted by Gasteiger charge is -2.18. The summed E-state index contributed by atoms with van der Waals surface area (Å²) in [6, 6.07) is 2.32. The Morgan fingerprint density at radius 3 is 2.47 bits per heavy atom. The standard InChI is InChI=1S/C13H17BrS/c1-7-3-8(2)15-13(7)12(14)11-5-9-4-10(9)6-11/h3,9-12H,4-6H2,1-2H3. The van der Waals surface area contributed by atoms with Crippen LogP contribution < -0.4 is 0 Å². The molecule has 82 valence electrons. The second kappa shape index (κ2) is 3.59. The summed E-state index contributed by atoms with van der Waals surface area (Å²) in [6.07, 6.45) is 4.46. The van der Waals surface area contributed by atoms with Crippen LogP contribution in [0.5, 0.6) is 0 Å². The Bertz CT molecular complexity index is 372. The molecule has 0 radical (unpaired) electrons. The highest BCUT2D eigenvalue weighted by molar-refractivity contribution is 9.09. The van der Waals surface area contributed by atoms with Gasteiger partial charge in [-0.3, -0.25) is 0 Å². The van der Waals surface area contributed by atoms with Crippen LogP contribution in [0.25, 0.3) is 0 Å². The molecular weight excluding hydrogens is 268 g/mol. The highest BCUT2D eigenvalue weighted by atomic mass is 79.9. The smallest absolute Gasteiger partial charge is 0.0520 e. The molecule has 1 aromatic heterocycles. The van der Waals surface area contributed by atoms with E-state index in [1.165, 1.54) is 29.7 Å². The van der Waals surface area contributed by atoms with Gasteiger partial charge in [0, 0.05) is 9.75 Å². The molecule has 0 saturated heterocycles. The SMILES string of the molecule is Cc1cc(C)c(C(Br)C2CC3CC3C2)s1. The number of fused-ring (bicyclic) bond motifs is 1. The van der Waals surface area contributed by atoms with Gasteiger partial charge in [0.25, 0.3) is 0 Å². The minimum Gasteiger partial charge on any atom is -0.144 e. The summed E-state index contributed by atoms with van der Waals surface area (Å²) in [7, 11) is 0. The Morgan fingerprint density at radius 2 is 1.93 bits per heavy atom. The molecule has 0 aliphatic heterocycles. The van der Waals surface area contributed by atoms with Crippen molar-refractivity contribution in [2.75, 3.05) is 0 Å². The number of thiophene rings is 1. The average molecular weight is 285 g/mol. The molecule has 3 rings (SSSR count). The van der Waals surface area contributed by atoms with Gasteiger partial charge in [0.2, 0.25) is 0 Å². The van der Waals surface area contributed by atoms with Crippen LogP contribution in [-0.4, -0.2) is 0 Å². The summed E-state index contributed by atoms with van der Waals surface area (Å²) < 4.78 is 0. The van der Waals surface area contributed by atoms with Gasteiger partial charge in [-0.05, 0) is 62.5 Å². The molecule has 0 amide bonds. The Hall–Kier alpha value is 0.180. The zero-order chi connectivity index (χ0) is 10.6. The van der Waals surface area contributed by atoms with Gasteiger partial charge in [0.1, 0.15) is 0 Å². The van der Waals surface area contributed by atoms with Crippen molar-refractivity contribution in [3.8, 4) is 0 Å². The van der Waals surface area contributed by atoms with Gasteiger partial charge in [-0.2, -0.15) is 0 Å². The molecule has 2 fully saturated rings. The van der Waals surface area contributed by atoms with Crippen molar-refractivity contribution in [1.29, 1.82) is 0 Å². The van der Waals surface area contributed by atoms with E-state index in [4.69, 9.17) is 0 Å². The Kier molecular flexibility index (Phi) is 2.48. The summed E-state index contributed by atoms with van der Waals surface area (Å²) in [5, 5.41) is 0. The van der Waals surface area contributed by atoms with Gasteiger partial charge in [0.15, 0.2) is 0 Å². The van der Waals surface area contributed by atoms with E-state index in [1.807, 2.05) is 11.3 Å². The van der Waals surface area contributed by atoms with E-state index in [0.29, 0.717) is 4.83 Å². The molecular formula is C13H17BrS. The van der Waals surface area contributed by atoms with Gasteiger partial charge < -0.3 is 0 Å². The lowest BCUT2D eigenvalue weighted by atomic mass is 9.97. The van der Waals surface area contributed by atoms with E-state index in [2.05, 4.69) is 35.8 Å². The number of halogens is 1. The lowest BCUT2D eigenvalue weighted by molar-refractivity contribution is 0.484. The molecule has 1 aromatic rings. The quantitative estimate of drug-likeness (QED) is 0.682. The monoisotopic (exact) mass is 284 g/mol. The van der Waals surface area contributed by atoms with E-state index in [1.54, 1.807) is 4.88 Å². The maximum Gasteiger partial charge on any atom is 0.0520 e. The fourth-order valence-electron chi connectivity index (χ4n) is 3.15. The Balaban J connectivity index is 1.78. The molecule has 1 heterocycles. The summed E-state index contributed by atoms with van der Waals surface area (Å²) in [5.74, 6) is 3.10. The molecule has 15 heavy (non-hydrogen) atoms. The van der Waals surface area contributed by atoms with E-state index < -0.39 is 0 Å². The molecule has 0 N–H and O–H groups in total. The second-order valence-electron chi connectivity index (χ2n) is 5.29. The molecule has 0 bridgehead atoms. The van der Waals surface area contributed by atoms with Gasteiger partial charge in [-0.15, -0.1) is 11.3 Å². The summed E-state index contributed by atoms with van der Waals surface area (Å²) in [6.45, 7) is 4.47. The molecule has 0 spiro atoms. The number of hydrogen-bond acceptors (Lipinski definition) is 1. The predicted molar refractivity (Wildman–Crippen MR) is 69.8 cm³/mol. The van der Waals surface area contributed by atoms with E-state index in [9.17, 15) is 0 Å². The zero-order valence-electron chi connectivity index (χ0n) is 9.29. The average Bonchev–Trinajstić information content (AvgIpc) is 2.65. The van der Waals surface area contributed by atoms with Crippen molar-refractivity contribution < 1.29 is 0 Å². The highest BCUT2D eigenvalue weighted by Crippen LogP contribution is 2.59. The molecule has 2 heteroatoms. The summed E-state index contributed by atoms with van der Waals surface area (Å²) >= 11 is 5.91. The van der Waals surface area contributed by atoms with Crippen molar-refractivity contribution in [2.45, 2.75) is 37.9 Å². The molecule has 2 aliphatic carbocycles. The summed E-state index contributed by atoms with van der Waals surface area (Å²) in [5.41, 5.74) is 1.49. The first-order chi connectivity index (χ1) is 7.15. The van der Waals surface area contributed by atoms with Crippen LogP contribution in [0.2, 0.25) is 0 Å². The first kappa shape index (κ1) is 10.3. The molecule has 0 aromatic carbocycles. The minimum atomic E-state index is 0.629. The third kappa shape index (κ3) is 1.80. The topological polar surface area (TPSA) is 0 Å². The van der Waals surface area contributed by atoms with Crippen molar-refractivity contribution in [3.63, 3.8) is 0 Å². The van der Waals surface area contributed by atoms with Crippen LogP contribution in [0.4, 0.5) is 0 Å². The molecule has 3 unspecified atom stereocenters. The normalized spacial score (nSPS) is 35.3. The van der Waals surface area contributed by atoms with Gasteiger partial charge in [-0.1, -0.05) is 15.9 Å². The molecule has 2 aliphatic rings. The van der Waals surface area contributed by atoms with Crippen LogP contribution >= 0.6 is 27.3 Å². The van der Waals surface area contributed by atoms with Crippen LogP contribution in [0.15, 0.2) is 6.07 Å². The molecule has 3 atom stereocenters. The summed E-state index contributed by atoms with van der Waals surface area (Å²) in [4.78, 5) is 3.66. The van der Waals surface area contributed by atoms with E-state index in [0.717, 1.165) is 17.8 Å². The first-order valence-electron chi connectivity index (χ1n) is 5.86. The third-order valence-electron chi connectivity index (χ3n) is 4.02. The Labute approximate surface area is 104 Å². The van der Waals surface area contributed by atoms with Crippen molar-refractivity contribution in [3.05, 3.63) is 21.4 Å². The van der Waals surface area contributed by atoms with Crippen LogP contribution in [0.1, 0.15) is 39.4 Å². The third-order valence-corrected chi connectivity index (χ3v) is 6.77. The maximum absolute atomic E-state index is 3.94. The van der Waals surface area contributed by atoms with Gasteiger partial charge in [-0.25, -0.2) is 0 Å². The van der Waals surface area contributed by atoms with E-state index in [-0.39, 0.29) is 0 Å². The fraction of sp³-hybridized carbons (Fsp3) is 0.692. The first-order valence-corrected chi connectivity index (χ1v) is 7.59. The number of rotatable bonds is 2.